The van der Waals surface area contributed by atoms with Crippen LogP contribution < -0.4 is 31.9 Å². The monoisotopic (exact) mass is 1270 g/mol. The van der Waals surface area contributed by atoms with Crippen molar-refractivity contribution < 1.29 is 18.0 Å². The molecule has 7 aliphatic rings. The summed E-state index contributed by atoms with van der Waals surface area (Å²) in [6, 6.07) is 6.28. The molecule has 508 valence electrons. The number of aryl methyl sites for hydroxylation is 1. The van der Waals surface area contributed by atoms with Crippen LogP contribution >= 0.6 is 11.6 Å². The number of likely N-dealkylation sites (tertiary alicyclic amines) is 1. The summed E-state index contributed by atoms with van der Waals surface area (Å²) >= 11 is 6.21. The van der Waals surface area contributed by atoms with Crippen molar-refractivity contribution in [3.63, 3.8) is 0 Å². The quantitative estimate of drug-likeness (QED) is 0.127. The Labute approximate surface area is 548 Å². The molecule has 3 saturated carbocycles. The van der Waals surface area contributed by atoms with Crippen molar-refractivity contribution >= 4 is 23.2 Å². The van der Waals surface area contributed by atoms with Crippen molar-refractivity contribution in [1.29, 1.82) is 0 Å². The number of benzene rings is 1. The Morgan fingerprint density at radius 1 is 0.811 bits per heavy atom. The number of nitrogens with one attached hydrogen (secondary N) is 6. The summed E-state index contributed by atoms with van der Waals surface area (Å²) in [4.78, 5) is 32.2. The lowest BCUT2D eigenvalue weighted by Crippen LogP contribution is -2.76. The third-order valence-corrected chi connectivity index (χ3v) is 22.8. The molecule has 1 spiro atoms. The topological polar surface area (TPSA) is 118 Å². The molecule has 8 rings (SSSR count). The zero-order chi connectivity index (χ0) is 64.4. The van der Waals surface area contributed by atoms with E-state index in [1.807, 2.05) is 24.7 Å². The van der Waals surface area contributed by atoms with Crippen molar-refractivity contribution in [2.45, 2.75) is 276 Å². The molecule has 13 nitrogen and oxygen atoms in total. The van der Waals surface area contributed by atoms with E-state index in [0.29, 0.717) is 54.6 Å². The van der Waals surface area contributed by atoms with E-state index in [1.54, 1.807) is 0 Å². The van der Waals surface area contributed by atoms with Crippen LogP contribution in [0, 0.1) is 23.7 Å². The van der Waals surface area contributed by atoms with E-state index in [2.05, 4.69) is 138 Å². The van der Waals surface area contributed by atoms with Crippen molar-refractivity contribution in [1.82, 2.24) is 56.4 Å². The first-order valence-corrected chi connectivity index (χ1v) is 36.6. The Morgan fingerprint density at radius 3 is 2.23 bits per heavy atom. The number of nitrogens with zero attached hydrogens (tertiary/aromatic N) is 6. The molecule has 4 aliphatic heterocycles. The van der Waals surface area contributed by atoms with Crippen LogP contribution in [0.15, 0.2) is 71.7 Å². The van der Waals surface area contributed by atoms with E-state index in [4.69, 9.17) is 16.6 Å². The Balaban J connectivity index is 1.08. The van der Waals surface area contributed by atoms with Gasteiger partial charge in [-0.2, -0.15) is 13.2 Å². The molecule has 0 radical (unpaired) electrons. The minimum absolute atomic E-state index is 0.0189. The number of hydrogen-bond donors (Lipinski definition) is 6. The summed E-state index contributed by atoms with van der Waals surface area (Å²) < 4.78 is 41.1. The van der Waals surface area contributed by atoms with Crippen molar-refractivity contribution in [2.75, 3.05) is 66.5 Å². The lowest BCUT2D eigenvalue weighted by atomic mass is 9.74. The van der Waals surface area contributed by atoms with Gasteiger partial charge in [-0.25, -0.2) is 0 Å². The van der Waals surface area contributed by atoms with Gasteiger partial charge in [0.05, 0.1) is 16.5 Å². The molecule has 90 heavy (non-hydrogen) atoms. The van der Waals surface area contributed by atoms with E-state index in [9.17, 15) is 18.0 Å². The second-order valence-electron chi connectivity index (χ2n) is 29.0. The first-order valence-electron chi connectivity index (χ1n) is 36.2. The summed E-state index contributed by atoms with van der Waals surface area (Å²) in [6.07, 6.45) is 35.0. The predicted molar refractivity (Wildman–Crippen MR) is 368 cm³/mol. The van der Waals surface area contributed by atoms with Crippen LogP contribution in [0.5, 0.6) is 0 Å². The lowest BCUT2D eigenvalue weighted by molar-refractivity contribution is -0.162. The van der Waals surface area contributed by atoms with Crippen molar-refractivity contribution in [3.05, 3.63) is 82.8 Å². The Bertz CT molecular complexity index is 2500. The molecule has 4 heterocycles. The third kappa shape index (κ3) is 20.0. The number of allylic oxidation sites excluding steroid dienone is 3. The number of alkyl halides is 3. The molecule has 6 N–H and O–H groups in total. The van der Waals surface area contributed by atoms with Gasteiger partial charge in [0, 0.05) is 168 Å². The molecule has 1 aromatic rings. The third-order valence-electron chi connectivity index (χ3n) is 22.5. The summed E-state index contributed by atoms with van der Waals surface area (Å²) in [5, 5.41) is 24.1. The number of amides is 1. The molecule has 11 atom stereocenters. The Morgan fingerprint density at radius 2 is 1.53 bits per heavy atom. The maximum absolute atomic E-state index is 14.9. The number of carbonyl (C=O) groups is 1. The first kappa shape index (κ1) is 72.2. The first-order chi connectivity index (χ1) is 43.3. The van der Waals surface area contributed by atoms with Crippen LogP contribution in [0.4, 0.5) is 13.2 Å². The number of piperidine rings is 1. The van der Waals surface area contributed by atoms with E-state index in [-0.39, 0.29) is 52.7 Å². The van der Waals surface area contributed by atoms with Gasteiger partial charge in [0.2, 0.25) is 5.91 Å². The molecule has 5 unspecified atom stereocenters. The van der Waals surface area contributed by atoms with Gasteiger partial charge in [0.25, 0.3) is 0 Å². The highest BCUT2D eigenvalue weighted by molar-refractivity contribution is 6.31. The molecule has 1 aromatic carbocycles. The highest BCUT2D eigenvalue weighted by Crippen LogP contribution is 2.44. The minimum atomic E-state index is -4.51. The molecule has 3 saturated heterocycles. The van der Waals surface area contributed by atoms with E-state index in [1.165, 1.54) is 101 Å². The van der Waals surface area contributed by atoms with Crippen LogP contribution in [-0.4, -0.2) is 162 Å². The largest absolute Gasteiger partial charge is 0.417 e. The molecule has 17 heteroatoms. The summed E-state index contributed by atoms with van der Waals surface area (Å²) in [7, 11) is 4.31. The van der Waals surface area contributed by atoms with Gasteiger partial charge >= 0.3 is 6.18 Å². The highest BCUT2D eigenvalue weighted by Gasteiger charge is 2.56. The van der Waals surface area contributed by atoms with Crippen molar-refractivity contribution in [2.24, 2.45) is 28.7 Å². The maximum atomic E-state index is 14.9. The Hall–Kier alpha value is -3.64. The molecule has 1 amide bonds. The number of carbonyl (C=O) groups excluding carboxylic acids is 1. The van der Waals surface area contributed by atoms with E-state index >= 15 is 0 Å². The molecular weight excluding hydrogens is 1150 g/mol. The molecule has 6 fully saturated rings. The van der Waals surface area contributed by atoms with Crippen LogP contribution in [0.1, 0.15) is 214 Å². The lowest BCUT2D eigenvalue weighted by Gasteiger charge is -2.60. The van der Waals surface area contributed by atoms with Crippen molar-refractivity contribution in [3.8, 4) is 0 Å². The molecule has 0 aromatic heterocycles. The van der Waals surface area contributed by atoms with Gasteiger partial charge < -0.3 is 51.5 Å². The normalized spacial score (nSPS) is 30.8. The maximum Gasteiger partial charge on any atom is 0.417 e. The highest BCUT2D eigenvalue weighted by atomic mass is 35.5. The van der Waals surface area contributed by atoms with Gasteiger partial charge in [-0.15, -0.1) is 0 Å². The SMILES string of the molecule is CCC[C@@H]1NC[C@H]([C@@H](C)CC)NC(C)[C@H](C)N2CCCC2=CN(C)C(CC2CCCCC2)=CN(C)C=CN=C(CCc2ccc(C(F)(F)F)c(Cl)c2)C=CNCCNCC2(CCCC2)NC(C)[C@H](C2CCCC2)N2C(C)[C@H](C(=O)N3CCCCC3)C2CNC1C. The van der Waals surface area contributed by atoms with E-state index in [0.717, 1.165) is 134 Å². The zero-order valence-electron chi connectivity index (χ0n) is 57.4. The van der Waals surface area contributed by atoms with Gasteiger partial charge in [-0.05, 0) is 166 Å². The molecule has 3 aliphatic carbocycles. The predicted octanol–water partition coefficient (Wildman–Crippen LogP) is 13.6. The van der Waals surface area contributed by atoms with Crippen LogP contribution in [0.3, 0.4) is 0 Å². The number of aliphatic imine (C=N–C) groups is 1. The van der Waals surface area contributed by atoms with Crippen LogP contribution in [0.2, 0.25) is 5.02 Å². The second kappa shape index (κ2) is 35.2. The van der Waals surface area contributed by atoms with Gasteiger partial charge in [-0.3, -0.25) is 14.7 Å². The number of halogens is 4. The number of hydrogen-bond acceptors (Lipinski definition) is 12. The number of rotatable bonds is 11. The number of fused-ring (bicyclic) bond motifs is 2. The fourth-order valence-corrected chi connectivity index (χ4v) is 17.1. The summed E-state index contributed by atoms with van der Waals surface area (Å²) in [5.74, 6) is 2.06. The average molecular weight is 1280 g/mol. The van der Waals surface area contributed by atoms with Gasteiger partial charge in [-0.1, -0.05) is 109 Å². The van der Waals surface area contributed by atoms with Gasteiger partial charge in [0.1, 0.15) is 0 Å². The minimum Gasteiger partial charge on any atom is -0.390 e. The fraction of sp³-hybridized carbons (Fsp3) is 0.781. The van der Waals surface area contributed by atoms with Gasteiger partial charge in [0.15, 0.2) is 0 Å². The van der Waals surface area contributed by atoms with Crippen LogP contribution in [-0.2, 0) is 17.4 Å². The average Bonchev–Trinajstić information content (AvgIpc) is 1.53. The fourth-order valence-electron chi connectivity index (χ4n) is 16.8. The standard InChI is InChI=1S/C73H122ClF3N12O/c1-11-24-66-54(5)81-48-68-69(71(90)87-41-21-14-22-42-87)57(8)89(68)70(60-27-17-18-28-60)55(6)84-72(35-19-20-36-72)51-79-39-38-78-37-34-61(32-30-59-31-33-64(65(74)46-59)73(75,76)77)80-40-44-85(9)49-63(45-58-25-15-13-16-26-58)86(10)50-62-29-23-43-88(62)56(7)53(4)83-67(47-82-66)52(3)12-2/h31,33-34,37,40,44,46,49-50,52-58,60,66-70,78-79,81-84H,11-30,32,35-36,38-39,41-43,45,47-48,51H2,1-10H3/t52-,53?,54?,55?,56-,57?,66-,67+,68?,69-,70+/m0/s1. The molecule has 0 bridgehead atoms. The molecular formula is C73H122ClF3N12O. The zero-order valence-corrected chi connectivity index (χ0v) is 58.2. The summed E-state index contributed by atoms with van der Waals surface area (Å²) in [5.41, 5.74) is 3.36. The van der Waals surface area contributed by atoms with E-state index < -0.39 is 11.7 Å². The van der Waals surface area contributed by atoms with Crippen LogP contribution in [0.25, 0.3) is 0 Å². The second-order valence-corrected chi connectivity index (χ2v) is 29.4. The smallest absolute Gasteiger partial charge is 0.390 e. The Kier molecular flexibility index (Phi) is 28.2. The summed E-state index contributed by atoms with van der Waals surface area (Å²) in [6.45, 7) is 26.0.